The molecular formula is C14H24N4. The minimum Gasteiger partial charge on any atom is -0.318 e. The molecule has 0 amide bonds. The summed E-state index contributed by atoms with van der Waals surface area (Å²) in [5.41, 5.74) is 1.30. The average molecular weight is 248 g/mol. The summed E-state index contributed by atoms with van der Waals surface area (Å²) in [6.45, 7) is 6.61. The van der Waals surface area contributed by atoms with Gasteiger partial charge in [0, 0.05) is 50.7 Å². The van der Waals surface area contributed by atoms with Crippen LogP contribution in [-0.4, -0.2) is 60.6 Å². The highest BCUT2D eigenvalue weighted by atomic mass is 15.3. The Morgan fingerprint density at radius 1 is 1.44 bits per heavy atom. The van der Waals surface area contributed by atoms with Gasteiger partial charge in [-0.05, 0) is 32.6 Å². The molecule has 0 bridgehead atoms. The lowest BCUT2D eigenvalue weighted by Crippen LogP contribution is -2.58. The first-order valence-electron chi connectivity index (χ1n) is 6.68. The number of nitrogens with zero attached hydrogens (tertiary/aromatic N) is 3. The van der Waals surface area contributed by atoms with Crippen LogP contribution in [-0.2, 0) is 6.54 Å². The van der Waals surface area contributed by atoms with E-state index in [1.165, 1.54) is 5.56 Å². The number of nitrogens with one attached hydrogen (secondary N) is 1. The van der Waals surface area contributed by atoms with Crippen LogP contribution in [0.3, 0.4) is 0 Å². The second kappa shape index (κ2) is 6.27. The Bertz CT molecular complexity index is 354. The molecule has 2 atom stereocenters. The van der Waals surface area contributed by atoms with E-state index >= 15 is 0 Å². The highest BCUT2D eigenvalue weighted by Crippen LogP contribution is 2.15. The lowest BCUT2D eigenvalue weighted by Gasteiger charge is -2.43. The van der Waals surface area contributed by atoms with Crippen LogP contribution in [0.25, 0.3) is 0 Å². The lowest BCUT2D eigenvalue weighted by atomic mass is 10.1. The molecule has 0 saturated carbocycles. The zero-order chi connectivity index (χ0) is 13.0. The molecule has 2 heterocycles. The van der Waals surface area contributed by atoms with Gasteiger partial charge in [0.2, 0.25) is 0 Å². The summed E-state index contributed by atoms with van der Waals surface area (Å²) in [7, 11) is 4.26. The molecular weight excluding hydrogens is 224 g/mol. The standard InChI is InChI=1S/C14H24N4/c1-12-9-18(10-13-5-4-6-16-7-13)11-14(8-15-2)17(12)3/h4-7,12,14-15H,8-11H2,1-3H3. The lowest BCUT2D eigenvalue weighted by molar-refractivity contribution is 0.0479. The molecule has 18 heavy (non-hydrogen) atoms. The Morgan fingerprint density at radius 3 is 2.94 bits per heavy atom. The van der Waals surface area contributed by atoms with Gasteiger partial charge in [0.05, 0.1) is 0 Å². The fourth-order valence-corrected chi connectivity index (χ4v) is 2.69. The van der Waals surface area contributed by atoms with Gasteiger partial charge in [-0.3, -0.25) is 14.8 Å². The predicted molar refractivity (Wildman–Crippen MR) is 74.5 cm³/mol. The molecule has 0 spiro atoms. The zero-order valence-electron chi connectivity index (χ0n) is 11.6. The number of piperazine rings is 1. The molecule has 1 aliphatic heterocycles. The monoisotopic (exact) mass is 248 g/mol. The smallest absolute Gasteiger partial charge is 0.0348 e. The predicted octanol–water partition coefficient (Wildman–Crippen LogP) is 0.805. The van der Waals surface area contributed by atoms with Gasteiger partial charge in [-0.15, -0.1) is 0 Å². The van der Waals surface area contributed by atoms with Crippen LogP contribution in [0.15, 0.2) is 24.5 Å². The molecule has 1 aromatic heterocycles. The first-order valence-corrected chi connectivity index (χ1v) is 6.68. The molecule has 1 fully saturated rings. The van der Waals surface area contributed by atoms with Gasteiger partial charge in [0.25, 0.3) is 0 Å². The molecule has 2 rings (SSSR count). The van der Waals surface area contributed by atoms with Gasteiger partial charge in [0.15, 0.2) is 0 Å². The maximum atomic E-state index is 4.19. The third kappa shape index (κ3) is 3.28. The quantitative estimate of drug-likeness (QED) is 0.854. The molecule has 0 aliphatic carbocycles. The minimum atomic E-state index is 0.593. The van der Waals surface area contributed by atoms with E-state index < -0.39 is 0 Å². The summed E-state index contributed by atoms with van der Waals surface area (Å²) in [5.74, 6) is 0. The van der Waals surface area contributed by atoms with E-state index in [1.807, 2.05) is 25.5 Å². The maximum Gasteiger partial charge on any atom is 0.0348 e. The van der Waals surface area contributed by atoms with Gasteiger partial charge < -0.3 is 5.32 Å². The van der Waals surface area contributed by atoms with Crippen molar-refractivity contribution in [1.82, 2.24) is 20.1 Å². The van der Waals surface area contributed by atoms with E-state index in [0.717, 1.165) is 26.2 Å². The normalized spacial score (nSPS) is 26.4. The number of hydrogen-bond acceptors (Lipinski definition) is 4. The van der Waals surface area contributed by atoms with Crippen LogP contribution in [0.4, 0.5) is 0 Å². The molecule has 0 aromatic carbocycles. The van der Waals surface area contributed by atoms with Crippen molar-refractivity contribution >= 4 is 0 Å². The second-order valence-corrected chi connectivity index (χ2v) is 5.28. The average Bonchev–Trinajstić information content (AvgIpc) is 2.37. The Balaban J connectivity index is 1.97. The van der Waals surface area contributed by atoms with E-state index in [-0.39, 0.29) is 0 Å². The van der Waals surface area contributed by atoms with Gasteiger partial charge in [-0.1, -0.05) is 6.07 Å². The van der Waals surface area contributed by atoms with Crippen LogP contribution in [0, 0.1) is 0 Å². The van der Waals surface area contributed by atoms with Crippen molar-refractivity contribution in [2.45, 2.75) is 25.6 Å². The summed E-state index contributed by atoms with van der Waals surface area (Å²) in [6, 6.07) is 5.37. The van der Waals surface area contributed by atoms with Crippen molar-refractivity contribution in [1.29, 1.82) is 0 Å². The molecule has 2 unspecified atom stereocenters. The summed E-state index contributed by atoms with van der Waals surface area (Å²) in [5, 5.41) is 3.29. The number of hydrogen-bond donors (Lipinski definition) is 1. The zero-order valence-corrected chi connectivity index (χ0v) is 11.6. The highest BCUT2D eigenvalue weighted by molar-refractivity contribution is 5.08. The Morgan fingerprint density at radius 2 is 2.28 bits per heavy atom. The van der Waals surface area contributed by atoms with Crippen molar-refractivity contribution < 1.29 is 0 Å². The Kier molecular flexibility index (Phi) is 4.69. The maximum absolute atomic E-state index is 4.19. The summed E-state index contributed by atoms with van der Waals surface area (Å²) < 4.78 is 0. The van der Waals surface area contributed by atoms with Crippen LogP contribution in [0.1, 0.15) is 12.5 Å². The van der Waals surface area contributed by atoms with Crippen LogP contribution in [0.5, 0.6) is 0 Å². The van der Waals surface area contributed by atoms with Crippen molar-refractivity contribution in [2.24, 2.45) is 0 Å². The molecule has 1 aromatic rings. The SMILES string of the molecule is CNCC1CN(Cc2cccnc2)CC(C)N1C. The van der Waals surface area contributed by atoms with E-state index in [9.17, 15) is 0 Å². The first-order chi connectivity index (χ1) is 8.70. The topological polar surface area (TPSA) is 31.4 Å². The van der Waals surface area contributed by atoms with Gasteiger partial charge >= 0.3 is 0 Å². The van der Waals surface area contributed by atoms with E-state index in [1.54, 1.807) is 0 Å². The van der Waals surface area contributed by atoms with Gasteiger partial charge in [-0.2, -0.15) is 0 Å². The summed E-state index contributed by atoms with van der Waals surface area (Å²) in [6.07, 6.45) is 3.80. The fourth-order valence-electron chi connectivity index (χ4n) is 2.69. The molecule has 4 nitrogen and oxygen atoms in total. The molecule has 1 N–H and O–H groups in total. The first kappa shape index (κ1) is 13.5. The number of pyridine rings is 1. The van der Waals surface area contributed by atoms with E-state index in [4.69, 9.17) is 0 Å². The van der Waals surface area contributed by atoms with Crippen molar-refractivity contribution in [2.75, 3.05) is 33.7 Å². The third-order valence-corrected chi connectivity index (χ3v) is 3.83. The van der Waals surface area contributed by atoms with Crippen LogP contribution < -0.4 is 5.32 Å². The van der Waals surface area contributed by atoms with Crippen LogP contribution >= 0.6 is 0 Å². The largest absolute Gasteiger partial charge is 0.318 e. The highest BCUT2D eigenvalue weighted by Gasteiger charge is 2.28. The van der Waals surface area contributed by atoms with Crippen molar-refractivity contribution in [3.8, 4) is 0 Å². The van der Waals surface area contributed by atoms with Crippen molar-refractivity contribution in [3.05, 3.63) is 30.1 Å². The van der Waals surface area contributed by atoms with Gasteiger partial charge in [0.1, 0.15) is 0 Å². The number of likely N-dealkylation sites (N-methyl/N-ethyl adjacent to an activating group) is 2. The molecule has 1 saturated heterocycles. The molecule has 1 aliphatic rings. The summed E-state index contributed by atoms with van der Waals surface area (Å²) in [4.78, 5) is 9.20. The number of aromatic nitrogens is 1. The molecule has 100 valence electrons. The fraction of sp³-hybridized carbons (Fsp3) is 0.643. The Hall–Kier alpha value is -0.970. The molecule has 0 radical (unpaired) electrons. The number of rotatable bonds is 4. The van der Waals surface area contributed by atoms with E-state index in [2.05, 4.69) is 40.1 Å². The Labute approximate surface area is 110 Å². The second-order valence-electron chi connectivity index (χ2n) is 5.28. The minimum absolute atomic E-state index is 0.593. The van der Waals surface area contributed by atoms with Gasteiger partial charge in [-0.25, -0.2) is 0 Å². The van der Waals surface area contributed by atoms with Crippen LogP contribution in [0.2, 0.25) is 0 Å². The molecule has 4 heteroatoms. The van der Waals surface area contributed by atoms with Crippen molar-refractivity contribution in [3.63, 3.8) is 0 Å². The third-order valence-electron chi connectivity index (χ3n) is 3.83. The van der Waals surface area contributed by atoms with E-state index in [0.29, 0.717) is 12.1 Å². The summed E-state index contributed by atoms with van der Waals surface area (Å²) >= 11 is 0.